The summed E-state index contributed by atoms with van der Waals surface area (Å²) in [7, 11) is 0. The fourth-order valence-corrected chi connectivity index (χ4v) is 4.70. The molecule has 0 aliphatic heterocycles. The number of hydrogen-bond donors (Lipinski definition) is 2. The summed E-state index contributed by atoms with van der Waals surface area (Å²) in [6, 6.07) is 17.8. The summed E-state index contributed by atoms with van der Waals surface area (Å²) >= 11 is 6.08. The summed E-state index contributed by atoms with van der Waals surface area (Å²) < 4.78 is 34.6. The molecule has 0 saturated heterocycles. The van der Waals surface area contributed by atoms with Crippen molar-refractivity contribution in [1.29, 1.82) is 0 Å². The zero-order valence-corrected chi connectivity index (χ0v) is 23.6. The van der Waals surface area contributed by atoms with E-state index in [2.05, 4.69) is 20.6 Å². The SMILES string of the molecule is CCC(NC(=O)[C@H](Cc1c(F)cccc1F)NC(=O)c1ccc(-c2cccc(Cl)c2)cc1)C(=O)c1nc2ncccc2o1. The van der Waals surface area contributed by atoms with Gasteiger partial charge in [-0.05, 0) is 66.1 Å². The summed E-state index contributed by atoms with van der Waals surface area (Å²) in [6.07, 6.45) is 1.14. The normalized spacial score (nSPS) is 12.5. The molecule has 43 heavy (non-hydrogen) atoms. The number of carbonyl (C=O) groups is 3. The van der Waals surface area contributed by atoms with Crippen molar-refractivity contribution < 1.29 is 27.6 Å². The Morgan fingerprint density at radius 1 is 0.884 bits per heavy atom. The Bertz CT molecular complexity index is 1760. The highest BCUT2D eigenvalue weighted by Gasteiger charge is 2.30. The molecular weight excluding hydrogens is 578 g/mol. The molecule has 2 aromatic heterocycles. The number of rotatable bonds is 10. The third-order valence-corrected chi connectivity index (χ3v) is 7.05. The van der Waals surface area contributed by atoms with Crippen LogP contribution in [0.4, 0.5) is 8.78 Å². The van der Waals surface area contributed by atoms with Gasteiger partial charge in [0.2, 0.25) is 11.7 Å². The number of fused-ring (bicyclic) bond motifs is 1. The van der Waals surface area contributed by atoms with E-state index in [0.29, 0.717) is 10.6 Å². The molecule has 2 heterocycles. The Labute approximate surface area is 250 Å². The summed E-state index contributed by atoms with van der Waals surface area (Å²) in [5.74, 6) is -4.09. The first-order valence-corrected chi connectivity index (χ1v) is 13.8. The van der Waals surface area contributed by atoms with Gasteiger partial charge in [0.15, 0.2) is 11.2 Å². The fourth-order valence-electron chi connectivity index (χ4n) is 4.51. The molecular formula is C32H25ClF2N4O4. The second-order valence-electron chi connectivity index (χ2n) is 9.70. The molecule has 0 bridgehead atoms. The first-order valence-electron chi connectivity index (χ1n) is 13.4. The van der Waals surface area contributed by atoms with Crippen LogP contribution in [0.2, 0.25) is 5.02 Å². The second-order valence-corrected chi connectivity index (χ2v) is 10.1. The van der Waals surface area contributed by atoms with E-state index in [0.717, 1.165) is 23.3 Å². The Kier molecular flexibility index (Phi) is 8.87. The lowest BCUT2D eigenvalue weighted by atomic mass is 10.0. The number of nitrogens with one attached hydrogen (secondary N) is 2. The van der Waals surface area contributed by atoms with Crippen LogP contribution in [0.1, 0.15) is 40.0 Å². The largest absolute Gasteiger partial charge is 0.432 e. The van der Waals surface area contributed by atoms with Crippen LogP contribution >= 0.6 is 11.6 Å². The van der Waals surface area contributed by atoms with Crippen molar-refractivity contribution in [2.45, 2.75) is 31.8 Å². The van der Waals surface area contributed by atoms with Gasteiger partial charge in [-0.15, -0.1) is 0 Å². The molecule has 11 heteroatoms. The lowest BCUT2D eigenvalue weighted by molar-refractivity contribution is -0.123. The molecule has 0 aliphatic carbocycles. The molecule has 0 fully saturated rings. The second kappa shape index (κ2) is 12.9. The number of Topliss-reactive ketones (excluding diaryl/α,β-unsaturated/α-hetero) is 1. The number of oxazole rings is 1. The van der Waals surface area contributed by atoms with E-state index in [9.17, 15) is 23.2 Å². The van der Waals surface area contributed by atoms with E-state index in [1.165, 1.54) is 12.3 Å². The molecule has 0 saturated carbocycles. The van der Waals surface area contributed by atoms with Crippen LogP contribution in [-0.2, 0) is 11.2 Å². The number of aromatic nitrogens is 2. The van der Waals surface area contributed by atoms with Crippen molar-refractivity contribution >= 4 is 40.4 Å². The number of ketones is 1. The monoisotopic (exact) mass is 602 g/mol. The van der Waals surface area contributed by atoms with E-state index in [1.54, 1.807) is 61.5 Å². The number of halogens is 3. The zero-order chi connectivity index (χ0) is 30.5. The molecule has 8 nitrogen and oxygen atoms in total. The van der Waals surface area contributed by atoms with Crippen molar-refractivity contribution in [3.8, 4) is 11.1 Å². The van der Waals surface area contributed by atoms with Crippen LogP contribution in [0, 0.1) is 11.6 Å². The average molecular weight is 603 g/mol. The summed E-state index contributed by atoms with van der Waals surface area (Å²) in [5.41, 5.74) is 2.00. The van der Waals surface area contributed by atoms with Crippen LogP contribution in [0.15, 0.2) is 89.5 Å². The number of benzene rings is 3. The highest BCUT2D eigenvalue weighted by molar-refractivity contribution is 6.30. The highest BCUT2D eigenvalue weighted by Crippen LogP contribution is 2.23. The van der Waals surface area contributed by atoms with Crippen molar-refractivity contribution in [2.24, 2.45) is 0 Å². The standard InChI is InChI=1S/C32H25ClF2N4O4/c1-2-25(28(40)32-39-29-27(43-32)10-5-15-36-29)37-31(42)26(17-22-23(34)8-4-9-24(22)35)38-30(41)19-13-11-18(12-14-19)20-6-3-7-21(33)16-20/h3-16,25-26H,2,17H2,1H3,(H,37,42)(H,38,41)/t25?,26-/m0/s1. The van der Waals surface area contributed by atoms with E-state index in [-0.39, 0.29) is 29.1 Å². The van der Waals surface area contributed by atoms with E-state index < -0.39 is 47.7 Å². The molecule has 0 spiro atoms. The van der Waals surface area contributed by atoms with Gasteiger partial charge in [-0.3, -0.25) is 14.4 Å². The predicted molar refractivity (Wildman–Crippen MR) is 157 cm³/mol. The molecule has 3 aromatic carbocycles. The molecule has 0 radical (unpaired) electrons. The Hall–Kier alpha value is -4.96. The third-order valence-electron chi connectivity index (χ3n) is 6.81. The van der Waals surface area contributed by atoms with Crippen molar-refractivity contribution in [2.75, 3.05) is 0 Å². The van der Waals surface area contributed by atoms with Crippen molar-refractivity contribution in [3.63, 3.8) is 0 Å². The minimum absolute atomic E-state index is 0.149. The molecule has 5 aromatic rings. The van der Waals surface area contributed by atoms with Gasteiger partial charge in [0, 0.05) is 28.8 Å². The lowest BCUT2D eigenvalue weighted by Gasteiger charge is -2.22. The third kappa shape index (κ3) is 6.76. The fraction of sp³-hybridized carbons (Fsp3) is 0.156. The molecule has 2 amide bonds. The summed E-state index contributed by atoms with van der Waals surface area (Å²) in [4.78, 5) is 48.0. The number of pyridine rings is 1. The van der Waals surface area contributed by atoms with Gasteiger partial charge in [-0.1, -0.05) is 48.9 Å². The summed E-state index contributed by atoms with van der Waals surface area (Å²) in [5, 5.41) is 5.71. The Morgan fingerprint density at radius 3 is 2.28 bits per heavy atom. The number of nitrogens with zero attached hydrogens (tertiary/aromatic N) is 2. The molecule has 2 N–H and O–H groups in total. The maximum absolute atomic E-state index is 14.6. The maximum atomic E-state index is 14.6. The average Bonchev–Trinajstić information content (AvgIpc) is 3.45. The molecule has 2 atom stereocenters. The van der Waals surface area contributed by atoms with Crippen LogP contribution in [-0.4, -0.2) is 39.6 Å². The van der Waals surface area contributed by atoms with Gasteiger partial charge in [0.05, 0.1) is 6.04 Å². The van der Waals surface area contributed by atoms with Gasteiger partial charge in [-0.25, -0.2) is 13.8 Å². The highest BCUT2D eigenvalue weighted by atomic mass is 35.5. The first-order chi connectivity index (χ1) is 20.7. The van der Waals surface area contributed by atoms with E-state index in [1.807, 2.05) is 6.07 Å². The van der Waals surface area contributed by atoms with Gasteiger partial charge >= 0.3 is 0 Å². The predicted octanol–water partition coefficient (Wildman–Crippen LogP) is 5.94. The quantitative estimate of drug-likeness (QED) is 0.191. The van der Waals surface area contributed by atoms with E-state index >= 15 is 0 Å². The van der Waals surface area contributed by atoms with Crippen LogP contribution in [0.25, 0.3) is 22.4 Å². The zero-order valence-electron chi connectivity index (χ0n) is 22.8. The summed E-state index contributed by atoms with van der Waals surface area (Å²) in [6.45, 7) is 1.66. The minimum atomic E-state index is -1.43. The van der Waals surface area contributed by atoms with Crippen molar-refractivity contribution in [3.05, 3.63) is 119 Å². The number of amides is 2. The Morgan fingerprint density at radius 2 is 1.60 bits per heavy atom. The van der Waals surface area contributed by atoms with Gasteiger partial charge < -0.3 is 15.1 Å². The van der Waals surface area contributed by atoms with Crippen LogP contribution in [0.3, 0.4) is 0 Å². The minimum Gasteiger partial charge on any atom is -0.432 e. The molecule has 1 unspecified atom stereocenters. The molecule has 218 valence electrons. The van der Waals surface area contributed by atoms with Gasteiger partial charge in [0.1, 0.15) is 17.7 Å². The van der Waals surface area contributed by atoms with E-state index in [4.69, 9.17) is 16.0 Å². The van der Waals surface area contributed by atoms with Gasteiger partial charge in [0.25, 0.3) is 11.8 Å². The number of carbonyl (C=O) groups excluding carboxylic acids is 3. The molecule has 0 aliphatic rings. The maximum Gasteiger partial charge on any atom is 0.268 e. The number of hydrogen-bond acceptors (Lipinski definition) is 6. The van der Waals surface area contributed by atoms with Gasteiger partial charge in [-0.2, -0.15) is 4.98 Å². The van der Waals surface area contributed by atoms with Crippen LogP contribution < -0.4 is 10.6 Å². The molecule has 5 rings (SSSR count). The van der Waals surface area contributed by atoms with Crippen molar-refractivity contribution in [1.82, 2.24) is 20.6 Å². The topological polar surface area (TPSA) is 114 Å². The lowest BCUT2D eigenvalue weighted by Crippen LogP contribution is -2.52. The van der Waals surface area contributed by atoms with Crippen LogP contribution in [0.5, 0.6) is 0 Å². The first kappa shape index (κ1) is 29.5. The Balaban J connectivity index is 1.37. The smallest absolute Gasteiger partial charge is 0.268 e.